The van der Waals surface area contributed by atoms with Crippen LogP contribution in [0.4, 0.5) is 13.6 Å². The Labute approximate surface area is 299 Å². The Hall–Kier alpha value is -3.83. The number of alkyl carbamates (subject to hydrolysis) is 1. The summed E-state index contributed by atoms with van der Waals surface area (Å²) in [5.74, 6) is -1.94. The topological polar surface area (TPSA) is 80.3 Å². The van der Waals surface area contributed by atoms with Crippen molar-refractivity contribution in [2.24, 2.45) is 5.92 Å². The van der Waals surface area contributed by atoms with E-state index in [0.29, 0.717) is 41.8 Å². The summed E-state index contributed by atoms with van der Waals surface area (Å²) in [6.45, 7) is 6.48. The van der Waals surface area contributed by atoms with E-state index < -0.39 is 29.6 Å². The van der Waals surface area contributed by atoms with E-state index in [1.807, 2.05) is 42.5 Å². The highest BCUT2D eigenvalue weighted by Crippen LogP contribution is 2.40. The lowest BCUT2D eigenvalue weighted by Gasteiger charge is -2.39. The lowest BCUT2D eigenvalue weighted by molar-refractivity contribution is -0.151. The van der Waals surface area contributed by atoms with Crippen molar-refractivity contribution < 1.29 is 32.6 Å². The van der Waals surface area contributed by atoms with E-state index in [9.17, 15) is 9.59 Å². The fraction of sp³-hybridized carbons (Fsp3) is 0.487. The number of likely N-dealkylation sites (tertiary alicyclic amines) is 1. The number of nitrogens with one attached hydrogen (secondary N) is 1. The van der Waals surface area contributed by atoms with Crippen LogP contribution < -0.4 is 14.8 Å². The Balaban J connectivity index is 1.29. The molecule has 1 N–H and O–H groups in total. The molecule has 270 valence electrons. The van der Waals surface area contributed by atoms with E-state index in [0.717, 1.165) is 17.7 Å². The molecule has 5 rings (SSSR count). The molecule has 50 heavy (non-hydrogen) atoms. The summed E-state index contributed by atoms with van der Waals surface area (Å²) >= 11 is 1.09. The summed E-state index contributed by atoms with van der Waals surface area (Å²) < 4.78 is 51.9. The van der Waals surface area contributed by atoms with Crippen LogP contribution in [0.15, 0.2) is 83.8 Å². The quantitative estimate of drug-likeness (QED) is 0.188. The smallest absolute Gasteiger partial charge is 0.407 e. The highest BCUT2D eigenvalue weighted by atomic mass is 32.2. The predicted molar refractivity (Wildman–Crippen MR) is 192 cm³/mol. The zero-order valence-corrected chi connectivity index (χ0v) is 30.2. The summed E-state index contributed by atoms with van der Waals surface area (Å²) in [5.41, 5.74) is -0.938. The second-order valence-electron chi connectivity index (χ2n) is 14.1. The molecular weight excluding hydrogens is 661 g/mol. The molecule has 1 atom stereocenters. The first-order valence-electron chi connectivity index (χ1n) is 17.5. The number of likely N-dealkylation sites (N-methyl/N-ethyl adjacent to an activating group) is 1. The van der Waals surface area contributed by atoms with Crippen LogP contribution in [0.2, 0.25) is 0 Å². The number of rotatable bonds is 12. The Morgan fingerprint density at radius 2 is 1.46 bits per heavy atom. The standard InChI is InChI=1S/C39H49F2N3O5S/c1-38(2,3)49-37(46)42-30-23-25-44(26-24-30)36(45)35(39(40,41)29-15-17-33(18-16-29)48-32-13-9-6-10-14-32)43(4)50-34-21-19-31(20-22-34)47-27-28-11-7-5-8-12-28/h6,9-10,13-22,28,30,35H,5,7-8,11-12,23-27H2,1-4H3,(H,42,46). The van der Waals surface area contributed by atoms with E-state index in [4.69, 9.17) is 14.2 Å². The van der Waals surface area contributed by atoms with Crippen LogP contribution in [0.3, 0.4) is 0 Å². The molecule has 8 nitrogen and oxygen atoms in total. The van der Waals surface area contributed by atoms with Crippen LogP contribution in [-0.4, -0.2) is 65.6 Å². The van der Waals surface area contributed by atoms with E-state index in [-0.39, 0.29) is 24.7 Å². The summed E-state index contributed by atoms with van der Waals surface area (Å²) in [4.78, 5) is 28.6. The highest BCUT2D eigenvalue weighted by Gasteiger charge is 2.50. The van der Waals surface area contributed by atoms with Crippen LogP contribution in [0.25, 0.3) is 0 Å². The summed E-state index contributed by atoms with van der Waals surface area (Å²) in [6.07, 6.45) is 6.46. The molecule has 0 spiro atoms. The molecule has 3 aromatic carbocycles. The lowest BCUT2D eigenvalue weighted by Crippen LogP contribution is -2.56. The van der Waals surface area contributed by atoms with Gasteiger partial charge in [0.05, 0.1) is 6.61 Å². The van der Waals surface area contributed by atoms with Gasteiger partial charge in [-0.15, -0.1) is 0 Å². The van der Waals surface area contributed by atoms with Gasteiger partial charge in [-0.05, 0) is 132 Å². The minimum absolute atomic E-state index is 0.223. The zero-order chi connectivity index (χ0) is 35.7. The van der Waals surface area contributed by atoms with E-state index in [2.05, 4.69) is 5.32 Å². The first kappa shape index (κ1) is 37.4. The molecule has 2 amide bonds. The van der Waals surface area contributed by atoms with Gasteiger partial charge in [-0.1, -0.05) is 37.5 Å². The van der Waals surface area contributed by atoms with Crippen molar-refractivity contribution in [2.75, 3.05) is 26.7 Å². The summed E-state index contributed by atoms with van der Waals surface area (Å²) in [5, 5.41) is 2.85. The number of benzene rings is 3. The summed E-state index contributed by atoms with van der Waals surface area (Å²) in [6, 6.07) is 20.0. The van der Waals surface area contributed by atoms with Crippen LogP contribution in [0.1, 0.15) is 71.3 Å². The number of alkyl halides is 2. The number of halogens is 2. The number of ether oxygens (including phenoxy) is 3. The van der Waals surface area contributed by atoms with Crippen molar-refractivity contribution in [3.63, 3.8) is 0 Å². The van der Waals surface area contributed by atoms with Crippen molar-refractivity contribution in [1.82, 2.24) is 14.5 Å². The molecule has 0 bridgehead atoms. The SMILES string of the molecule is CN(Sc1ccc(OCC2CCCCC2)cc1)C(C(=O)N1CCC(NC(=O)OC(C)(C)C)CC1)C(F)(F)c1ccc(Oc2ccccc2)cc1. The first-order valence-corrected chi connectivity index (χ1v) is 18.3. The second-order valence-corrected chi connectivity index (χ2v) is 15.4. The zero-order valence-electron chi connectivity index (χ0n) is 29.4. The molecule has 1 saturated heterocycles. The fourth-order valence-corrected chi connectivity index (χ4v) is 7.26. The largest absolute Gasteiger partial charge is 0.493 e. The van der Waals surface area contributed by atoms with E-state index in [1.54, 1.807) is 32.9 Å². The van der Waals surface area contributed by atoms with Gasteiger partial charge in [0.15, 0.2) is 6.04 Å². The molecule has 1 heterocycles. The van der Waals surface area contributed by atoms with Crippen LogP contribution in [0, 0.1) is 5.92 Å². The van der Waals surface area contributed by atoms with Crippen molar-refractivity contribution in [3.8, 4) is 17.2 Å². The maximum Gasteiger partial charge on any atom is 0.407 e. The van der Waals surface area contributed by atoms with E-state index in [1.165, 1.54) is 72.6 Å². The van der Waals surface area contributed by atoms with Crippen LogP contribution >= 0.6 is 11.9 Å². The highest BCUT2D eigenvalue weighted by molar-refractivity contribution is 7.97. The number of hydrogen-bond donors (Lipinski definition) is 1. The van der Waals surface area contributed by atoms with Gasteiger partial charge in [0, 0.05) is 29.6 Å². The number of piperidine rings is 1. The molecule has 3 aromatic rings. The van der Waals surface area contributed by atoms with Crippen LogP contribution in [-0.2, 0) is 15.5 Å². The number of carbonyl (C=O) groups excluding carboxylic acids is 2. The van der Waals surface area contributed by atoms with Crippen molar-refractivity contribution in [3.05, 3.63) is 84.4 Å². The maximum atomic E-state index is 16.6. The number of para-hydroxylation sites is 1. The fourth-order valence-electron chi connectivity index (χ4n) is 6.34. The molecule has 2 fully saturated rings. The number of amides is 2. The number of hydrogen-bond acceptors (Lipinski definition) is 7. The maximum absolute atomic E-state index is 16.6. The van der Waals surface area contributed by atoms with Gasteiger partial charge in [-0.3, -0.25) is 4.79 Å². The van der Waals surface area contributed by atoms with Gasteiger partial charge in [0.1, 0.15) is 22.8 Å². The second kappa shape index (κ2) is 16.9. The molecule has 0 aromatic heterocycles. The van der Waals surface area contributed by atoms with Gasteiger partial charge >= 0.3 is 6.09 Å². The molecule has 1 aliphatic carbocycles. The summed E-state index contributed by atoms with van der Waals surface area (Å²) in [7, 11) is 1.53. The van der Waals surface area contributed by atoms with Gasteiger partial charge in [0.2, 0.25) is 5.91 Å². The minimum atomic E-state index is -3.56. The average Bonchev–Trinajstić information content (AvgIpc) is 3.08. The third-order valence-corrected chi connectivity index (χ3v) is 9.95. The van der Waals surface area contributed by atoms with E-state index >= 15 is 8.78 Å². The van der Waals surface area contributed by atoms with Gasteiger partial charge in [-0.25, -0.2) is 9.10 Å². The van der Waals surface area contributed by atoms with Gasteiger partial charge in [0.25, 0.3) is 5.92 Å². The normalized spacial score (nSPS) is 16.9. The Morgan fingerprint density at radius 1 is 0.860 bits per heavy atom. The van der Waals surface area contributed by atoms with Crippen molar-refractivity contribution in [2.45, 2.75) is 94.2 Å². The molecule has 11 heteroatoms. The Morgan fingerprint density at radius 3 is 2.08 bits per heavy atom. The van der Waals surface area contributed by atoms with Crippen molar-refractivity contribution >= 4 is 23.9 Å². The molecule has 2 aliphatic rings. The molecule has 1 aliphatic heterocycles. The monoisotopic (exact) mass is 709 g/mol. The first-order chi connectivity index (χ1) is 23.9. The molecular formula is C39H49F2N3O5S. The number of carbonyl (C=O) groups is 2. The van der Waals surface area contributed by atoms with Gasteiger partial charge < -0.3 is 24.4 Å². The molecule has 1 saturated carbocycles. The predicted octanol–water partition coefficient (Wildman–Crippen LogP) is 9.05. The van der Waals surface area contributed by atoms with Crippen LogP contribution in [0.5, 0.6) is 17.2 Å². The number of nitrogens with zero attached hydrogens (tertiary/aromatic N) is 2. The average molecular weight is 710 g/mol. The Kier molecular flexibility index (Phi) is 12.7. The molecule has 1 unspecified atom stereocenters. The third kappa shape index (κ3) is 10.6. The third-order valence-electron chi connectivity index (χ3n) is 8.97. The molecule has 0 radical (unpaired) electrons. The minimum Gasteiger partial charge on any atom is -0.493 e. The lowest BCUT2D eigenvalue weighted by atomic mass is 9.90. The Bertz CT molecular complexity index is 1520. The van der Waals surface area contributed by atoms with Gasteiger partial charge in [-0.2, -0.15) is 8.78 Å². The van der Waals surface area contributed by atoms with Crippen molar-refractivity contribution in [1.29, 1.82) is 0 Å².